The lowest BCUT2D eigenvalue weighted by atomic mass is 10.1. The van der Waals surface area contributed by atoms with Crippen molar-refractivity contribution in [2.24, 2.45) is 0 Å². The summed E-state index contributed by atoms with van der Waals surface area (Å²) in [5, 5.41) is 3.71. The van der Waals surface area contributed by atoms with Crippen LogP contribution in [0.4, 0.5) is 5.69 Å². The Morgan fingerprint density at radius 1 is 1.00 bits per heavy atom. The Labute approximate surface area is 160 Å². The Kier molecular flexibility index (Phi) is 5.23. The zero-order valence-corrected chi connectivity index (χ0v) is 15.6. The first-order valence-electron chi connectivity index (χ1n) is 7.90. The molecule has 0 saturated heterocycles. The molecule has 0 aliphatic carbocycles. The molecule has 1 amide bonds. The van der Waals surface area contributed by atoms with Crippen molar-refractivity contribution >= 4 is 39.9 Å². The van der Waals surface area contributed by atoms with E-state index in [-0.39, 0.29) is 5.56 Å². The molecule has 3 aromatic rings. The molecule has 8 heteroatoms. The number of fused-ring (bicyclic) bond motifs is 1. The molecule has 0 radical (unpaired) electrons. The average molecular weight is 389 g/mol. The van der Waals surface area contributed by atoms with Crippen LogP contribution in [0.2, 0.25) is 5.02 Å². The molecular formula is C19H17ClN2O5. The number of aromatic amines is 1. The number of amides is 1. The number of carbonyl (C=O) groups is 2. The fourth-order valence-corrected chi connectivity index (χ4v) is 2.92. The second-order valence-electron chi connectivity index (χ2n) is 5.59. The van der Waals surface area contributed by atoms with Crippen LogP contribution in [-0.2, 0) is 4.79 Å². The first kappa shape index (κ1) is 18.6. The van der Waals surface area contributed by atoms with Crippen molar-refractivity contribution in [2.45, 2.75) is 0 Å². The number of methoxy groups -OCH3 is 3. The summed E-state index contributed by atoms with van der Waals surface area (Å²) in [6.07, 6.45) is 1.48. The summed E-state index contributed by atoms with van der Waals surface area (Å²) < 4.78 is 15.7. The lowest BCUT2D eigenvalue weighted by Crippen LogP contribution is -2.22. The van der Waals surface area contributed by atoms with Gasteiger partial charge in [-0.2, -0.15) is 0 Å². The third kappa shape index (κ3) is 3.54. The van der Waals surface area contributed by atoms with Gasteiger partial charge in [-0.15, -0.1) is 0 Å². The van der Waals surface area contributed by atoms with Gasteiger partial charge in [0.25, 0.3) is 11.7 Å². The predicted octanol–water partition coefficient (Wildman–Crippen LogP) is 3.67. The summed E-state index contributed by atoms with van der Waals surface area (Å²) in [4.78, 5) is 28.0. The van der Waals surface area contributed by atoms with Crippen molar-refractivity contribution in [1.82, 2.24) is 4.98 Å². The normalized spacial score (nSPS) is 10.5. The number of anilines is 1. The molecule has 0 saturated carbocycles. The molecule has 0 fully saturated rings. The van der Waals surface area contributed by atoms with Crippen molar-refractivity contribution in [3.63, 3.8) is 0 Å². The maximum absolute atomic E-state index is 12.6. The Bertz CT molecular complexity index is 1000. The second-order valence-corrected chi connectivity index (χ2v) is 6.03. The van der Waals surface area contributed by atoms with Gasteiger partial charge in [-0.3, -0.25) is 9.59 Å². The highest BCUT2D eigenvalue weighted by Gasteiger charge is 2.22. The Morgan fingerprint density at radius 3 is 2.26 bits per heavy atom. The minimum Gasteiger partial charge on any atom is -0.493 e. The van der Waals surface area contributed by atoms with Gasteiger partial charge in [0, 0.05) is 39.9 Å². The fourth-order valence-electron chi connectivity index (χ4n) is 2.75. The standard InChI is InChI=1S/C19H17ClN2O5/c1-25-15-7-11(8-16(26-2)18(15)27-3)22-19(24)17(23)13-9-21-14-6-10(20)4-5-12(13)14/h4-9,21H,1-3H3,(H,22,24). The molecule has 1 heterocycles. The van der Waals surface area contributed by atoms with Gasteiger partial charge in [0.15, 0.2) is 11.5 Å². The second kappa shape index (κ2) is 7.59. The van der Waals surface area contributed by atoms with E-state index in [2.05, 4.69) is 10.3 Å². The van der Waals surface area contributed by atoms with Crippen LogP contribution < -0.4 is 19.5 Å². The van der Waals surface area contributed by atoms with Gasteiger partial charge in [-0.25, -0.2) is 0 Å². The first-order valence-corrected chi connectivity index (χ1v) is 8.28. The SMILES string of the molecule is COc1cc(NC(=O)C(=O)c2c[nH]c3cc(Cl)ccc23)cc(OC)c1OC. The molecule has 3 rings (SSSR count). The third-order valence-electron chi connectivity index (χ3n) is 4.02. The molecule has 0 aliphatic rings. The molecular weight excluding hydrogens is 372 g/mol. The Morgan fingerprint density at radius 2 is 1.67 bits per heavy atom. The highest BCUT2D eigenvalue weighted by atomic mass is 35.5. The lowest BCUT2D eigenvalue weighted by Gasteiger charge is -2.14. The van der Waals surface area contributed by atoms with Gasteiger partial charge in [-0.1, -0.05) is 17.7 Å². The van der Waals surface area contributed by atoms with Crippen LogP contribution in [0, 0.1) is 0 Å². The minimum absolute atomic E-state index is 0.256. The van der Waals surface area contributed by atoms with E-state index >= 15 is 0 Å². The molecule has 0 atom stereocenters. The van der Waals surface area contributed by atoms with Crippen LogP contribution in [0.1, 0.15) is 10.4 Å². The fraction of sp³-hybridized carbons (Fsp3) is 0.158. The topological polar surface area (TPSA) is 89.7 Å². The van der Waals surface area contributed by atoms with Crippen LogP contribution in [0.3, 0.4) is 0 Å². The number of halogens is 1. The van der Waals surface area contributed by atoms with E-state index in [1.165, 1.54) is 27.5 Å². The van der Waals surface area contributed by atoms with Gasteiger partial charge in [0.2, 0.25) is 5.75 Å². The summed E-state index contributed by atoms with van der Waals surface area (Å²) in [5.74, 6) is -0.363. The summed E-state index contributed by atoms with van der Waals surface area (Å²) in [6.45, 7) is 0. The number of rotatable bonds is 6. The van der Waals surface area contributed by atoms with E-state index in [1.807, 2.05) is 0 Å². The number of carbonyl (C=O) groups excluding carboxylic acids is 2. The number of H-pyrrole nitrogens is 1. The maximum Gasteiger partial charge on any atom is 0.296 e. The van der Waals surface area contributed by atoms with E-state index in [1.54, 1.807) is 30.3 Å². The molecule has 140 valence electrons. The Hall–Kier alpha value is -3.19. The number of nitrogens with one attached hydrogen (secondary N) is 2. The molecule has 0 unspecified atom stereocenters. The van der Waals surface area contributed by atoms with Crippen molar-refractivity contribution < 1.29 is 23.8 Å². The number of Topliss-reactive ketones (excluding diaryl/α,β-unsaturated/α-hetero) is 1. The van der Waals surface area contributed by atoms with Gasteiger partial charge < -0.3 is 24.5 Å². The number of ether oxygens (including phenoxy) is 3. The molecule has 2 aromatic carbocycles. The monoisotopic (exact) mass is 388 g/mol. The van der Waals surface area contributed by atoms with Crippen molar-refractivity contribution in [1.29, 1.82) is 0 Å². The highest BCUT2D eigenvalue weighted by Crippen LogP contribution is 2.40. The molecule has 7 nitrogen and oxygen atoms in total. The summed E-state index contributed by atoms with van der Waals surface area (Å²) >= 11 is 5.94. The van der Waals surface area contributed by atoms with Crippen LogP contribution >= 0.6 is 11.6 Å². The predicted molar refractivity (Wildman–Crippen MR) is 102 cm³/mol. The van der Waals surface area contributed by atoms with Gasteiger partial charge in [0.05, 0.1) is 26.9 Å². The number of hydrogen-bond acceptors (Lipinski definition) is 5. The number of ketones is 1. The lowest BCUT2D eigenvalue weighted by molar-refractivity contribution is -0.112. The van der Waals surface area contributed by atoms with E-state index in [9.17, 15) is 9.59 Å². The molecule has 0 spiro atoms. The zero-order valence-electron chi connectivity index (χ0n) is 14.9. The summed E-state index contributed by atoms with van der Waals surface area (Å²) in [6, 6.07) is 8.12. The van der Waals surface area contributed by atoms with E-state index in [0.29, 0.717) is 38.9 Å². The van der Waals surface area contributed by atoms with Crippen molar-refractivity contribution in [3.8, 4) is 17.2 Å². The van der Waals surface area contributed by atoms with Gasteiger partial charge in [-0.05, 0) is 12.1 Å². The minimum atomic E-state index is -0.792. The van der Waals surface area contributed by atoms with Gasteiger partial charge >= 0.3 is 0 Å². The van der Waals surface area contributed by atoms with E-state index < -0.39 is 11.7 Å². The van der Waals surface area contributed by atoms with Crippen LogP contribution in [0.15, 0.2) is 36.5 Å². The molecule has 0 bridgehead atoms. The number of hydrogen-bond donors (Lipinski definition) is 2. The molecule has 1 aromatic heterocycles. The average Bonchev–Trinajstić information content (AvgIpc) is 3.09. The molecule has 0 aliphatic heterocycles. The van der Waals surface area contributed by atoms with Gasteiger partial charge in [0.1, 0.15) is 0 Å². The van der Waals surface area contributed by atoms with E-state index in [0.717, 1.165) is 0 Å². The zero-order chi connectivity index (χ0) is 19.6. The quantitative estimate of drug-likeness (QED) is 0.496. The number of benzene rings is 2. The Balaban J connectivity index is 1.89. The van der Waals surface area contributed by atoms with Crippen molar-refractivity contribution in [3.05, 3.63) is 47.1 Å². The smallest absolute Gasteiger partial charge is 0.296 e. The van der Waals surface area contributed by atoms with E-state index in [4.69, 9.17) is 25.8 Å². The highest BCUT2D eigenvalue weighted by molar-refractivity contribution is 6.48. The first-order chi connectivity index (χ1) is 13.0. The van der Waals surface area contributed by atoms with Crippen molar-refractivity contribution in [2.75, 3.05) is 26.6 Å². The largest absolute Gasteiger partial charge is 0.493 e. The molecule has 27 heavy (non-hydrogen) atoms. The van der Waals surface area contributed by atoms with Crippen LogP contribution in [0.5, 0.6) is 17.2 Å². The molecule has 2 N–H and O–H groups in total. The van der Waals surface area contributed by atoms with Crippen LogP contribution in [-0.4, -0.2) is 38.0 Å². The summed E-state index contributed by atoms with van der Waals surface area (Å²) in [5.41, 5.74) is 1.27. The third-order valence-corrected chi connectivity index (χ3v) is 4.25. The maximum atomic E-state index is 12.6. The number of aromatic nitrogens is 1. The van der Waals surface area contributed by atoms with Crippen LogP contribution in [0.25, 0.3) is 10.9 Å². The summed E-state index contributed by atoms with van der Waals surface area (Å²) in [7, 11) is 4.40.